The summed E-state index contributed by atoms with van der Waals surface area (Å²) in [4.78, 5) is 24.3. The molecular weight excluding hydrogens is 300 g/mol. The Morgan fingerprint density at radius 2 is 1.91 bits per heavy atom. The number of ether oxygens (including phenoxy) is 1. The van der Waals surface area contributed by atoms with E-state index in [0.29, 0.717) is 6.54 Å². The highest BCUT2D eigenvalue weighted by molar-refractivity contribution is 5.97. The first-order chi connectivity index (χ1) is 10.9. The summed E-state index contributed by atoms with van der Waals surface area (Å²) in [5.74, 6) is 0.0277. The normalized spacial score (nSPS) is 10.2. The van der Waals surface area contributed by atoms with E-state index in [1.807, 2.05) is 0 Å². The third-order valence-electron chi connectivity index (χ3n) is 3.33. The van der Waals surface area contributed by atoms with Gasteiger partial charge in [-0.1, -0.05) is 12.1 Å². The van der Waals surface area contributed by atoms with E-state index >= 15 is 0 Å². The van der Waals surface area contributed by atoms with Gasteiger partial charge in [-0.25, -0.2) is 0 Å². The molecule has 0 bridgehead atoms. The van der Waals surface area contributed by atoms with Crippen LogP contribution < -0.4 is 4.74 Å². The molecule has 7 nitrogen and oxygen atoms in total. The Balaban J connectivity index is 2.25. The number of carbonyl (C=O) groups excluding carboxylic acids is 1. The van der Waals surface area contributed by atoms with E-state index in [1.165, 1.54) is 42.3 Å². The van der Waals surface area contributed by atoms with Crippen molar-refractivity contribution in [3.8, 4) is 11.5 Å². The van der Waals surface area contributed by atoms with Crippen molar-refractivity contribution in [2.75, 3.05) is 14.2 Å². The average molecular weight is 316 g/mol. The van der Waals surface area contributed by atoms with Crippen LogP contribution in [-0.4, -0.2) is 35.0 Å². The van der Waals surface area contributed by atoms with Gasteiger partial charge >= 0.3 is 0 Å². The van der Waals surface area contributed by atoms with Crippen LogP contribution in [-0.2, 0) is 6.54 Å². The maximum absolute atomic E-state index is 12.5. The number of rotatable bonds is 5. The summed E-state index contributed by atoms with van der Waals surface area (Å²) in [5, 5.41) is 20.2. The smallest absolute Gasteiger partial charge is 0.270 e. The Hall–Kier alpha value is -3.09. The van der Waals surface area contributed by atoms with Gasteiger partial charge in [-0.3, -0.25) is 14.9 Å². The van der Waals surface area contributed by atoms with Gasteiger partial charge in [0.15, 0.2) is 0 Å². The maximum atomic E-state index is 12.5. The molecule has 120 valence electrons. The summed E-state index contributed by atoms with van der Waals surface area (Å²) >= 11 is 0. The Morgan fingerprint density at radius 3 is 2.48 bits per heavy atom. The van der Waals surface area contributed by atoms with Crippen LogP contribution in [0, 0.1) is 10.1 Å². The number of amides is 1. The van der Waals surface area contributed by atoms with Gasteiger partial charge in [-0.15, -0.1) is 0 Å². The lowest BCUT2D eigenvalue weighted by Gasteiger charge is -2.18. The van der Waals surface area contributed by atoms with Crippen molar-refractivity contribution in [2.45, 2.75) is 6.54 Å². The number of carbonyl (C=O) groups is 1. The zero-order valence-corrected chi connectivity index (χ0v) is 12.7. The van der Waals surface area contributed by atoms with Crippen molar-refractivity contribution in [2.24, 2.45) is 0 Å². The van der Waals surface area contributed by atoms with Crippen LogP contribution in [0.25, 0.3) is 0 Å². The van der Waals surface area contributed by atoms with E-state index in [-0.39, 0.29) is 22.7 Å². The van der Waals surface area contributed by atoms with Crippen LogP contribution in [0.5, 0.6) is 11.5 Å². The Kier molecular flexibility index (Phi) is 4.80. The molecule has 0 saturated carbocycles. The van der Waals surface area contributed by atoms with E-state index in [4.69, 9.17) is 4.74 Å². The van der Waals surface area contributed by atoms with Crippen LogP contribution in [0.3, 0.4) is 0 Å². The van der Waals surface area contributed by atoms with Crippen molar-refractivity contribution in [3.63, 3.8) is 0 Å². The number of methoxy groups -OCH3 is 1. The Labute approximate surface area is 132 Å². The fourth-order valence-corrected chi connectivity index (χ4v) is 2.13. The molecule has 2 aromatic carbocycles. The van der Waals surface area contributed by atoms with Gasteiger partial charge in [0.2, 0.25) is 0 Å². The third kappa shape index (κ3) is 3.76. The molecule has 0 heterocycles. The molecular formula is C16H16N2O5. The molecule has 0 unspecified atom stereocenters. The van der Waals surface area contributed by atoms with Crippen molar-refractivity contribution in [1.82, 2.24) is 4.90 Å². The Bertz CT molecular complexity index is 728. The molecule has 23 heavy (non-hydrogen) atoms. The van der Waals surface area contributed by atoms with Gasteiger partial charge in [0.05, 0.1) is 17.6 Å². The van der Waals surface area contributed by atoms with Gasteiger partial charge in [0.1, 0.15) is 11.5 Å². The molecule has 2 rings (SSSR count). The second kappa shape index (κ2) is 6.78. The first-order valence-electron chi connectivity index (χ1n) is 6.78. The number of nitrogens with zero attached hydrogens (tertiary/aromatic N) is 2. The number of nitro groups is 1. The fourth-order valence-electron chi connectivity index (χ4n) is 2.13. The van der Waals surface area contributed by atoms with Gasteiger partial charge in [-0.05, 0) is 23.8 Å². The molecule has 0 atom stereocenters. The molecule has 0 aliphatic rings. The maximum Gasteiger partial charge on any atom is 0.270 e. The quantitative estimate of drug-likeness (QED) is 0.676. The highest BCUT2D eigenvalue weighted by atomic mass is 16.6. The predicted octanol–water partition coefficient (Wildman–Crippen LogP) is 2.58. The summed E-state index contributed by atoms with van der Waals surface area (Å²) in [6.07, 6.45) is 0. The minimum absolute atomic E-state index is 0.128. The van der Waals surface area contributed by atoms with E-state index in [1.54, 1.807) is 19.2 Å². The van der Waals surface area contributed by atoms with Gasteiger partial charge in [0, 0.05) is 25.7 Å². The largest absolute Gasteiger partial charge is 0.508 e. The highest BCUT2D eigenvalue weighted by Crippen LogP contribution is 2.25. The van der Waals surface area contributed by atoms with Crippen LogP contribution >= 0.6 is 0 Å². The number of aromatic hydroxyl groups is 1. The number of phenolic OH excluding ortho intramolecular Hbond substituents is 1. The SMILES string of the molecule is COc1ccc([N+](=O)[O-])cc1C(=O)N(C)Cc1ccc(O)cc1. The van der Waals surface area contributed by atoms with E-state index in [0.717, 1.165) is 5.56 Å². The van der Waals surface area contributed by atoms with Crippen molar-refractivity contribution < 1.29 is 19.6 Å². The lowest BCUT2D eigenvalue weighted by atomic mass is 10.1. The standard InChI is InChI=1S/C16H16N2O5/c1-17(10-11-3-6-13(19)7-4-11)16(20)14-9-12(18(21)22)5-8-15(14)23-2/h3-9,19H,10H2,1-2H3. The molecule has 0 fully saturated rings. The minimum atomic E-state index is -0.559. The number of benzene rings is 2. The molecule has 7 heteroatoms. The predicted molar refractivity (Wildman–Crippen MR) is 83.6 cm³/mol. The van der Waals surface area contributed by atoms with E-state index in [2.05, 4.69) is 0 Å². The fraction of sp³-hybridized carbons (Fsp3) is 0.188. The molecule has 0 radical (unpaired) electrons. The number of hydrogen-bond acceptors (Lipinski definition) is 5. The van der Waals surface area contributed by atoms with Gasteiger partial charge in [0.25, 0.3) is 11.6 Å². The van der Waals surface area contributed by atoms with Crippen LogP contribution in [0.4, 0.5) is 5.69 Å². The van der Waals surface area contributed by atoms with Gasteiger partial charge < -0.3 is 14.7 Å². The van der Waals surface area contributed by atoms with Crippen molar-refractivity contribution in [1.29, 1.82) is 0 Å². The molecule has 0 saturated heterocycles. The van der Waals surface area contributed by atoms with Crippen LogP contribution in [0.1, 0.15) is 15.9 Å². The number of phenols is 1. The lowest BCUT2D eigenvalue weighted by Crippen LogP contribution is -2.26. The minimum Gasteiger partial charge on any atom is -0.508 e. The number of nitro benzene ring substituents is 1. The molecule has 0 aromatic heterocycles. The topological polar surface area (TPSA) is 92.9 Å². The summed E-state index contributed by atoms with van der Waals surface area (Å²) in [7, 11) is 2.99. The monoisotopic (exact) mass is 316 g/mol. The van der Waals surface area contributed by atoms with E-state index < -0.39 is 10.8 Å². The second-order valence-corrected chi connectivity index (χ2v) is 4.97. The molecule has 0 aliphatic carbocycles. The molecule has 2 aromatic rings. The van der Waals surface area contributed by atoms with Crippen LogP contribution in [0.15, 0.2) is 42.5 Å². The highest BCUT2D eigenvalue weighted by Gasteiger charge is 2.20. The van der Waals surface area contributed by atoms with Crippen LogP contribution in [0.2, 0.25) is 0 Å². The average Bonchev–Trinajstić information content (AvgIpc) is 2.55. The van der Waals surface area contributed by atoms with Gasteiger partial charge in [-0.2, -0.15) is 0 Å². The van der Waals surface area contributed by atoms with Crippen molar-refractivity contribution in [3.05, 3.63) is 63.7 Å². The molecule has 1 amide bonds. The zero-order chi connectivity index (χ0) is 17.0. The summed E-state index contributed by atoms with van der Waals surface area (Å²) in [6.45, 7) is 0.297. The molecule has 1 N–H and O–H groups in total. The summed E-state index contributed by atoms with van der Waals surface area (Å²) < 4.78 is 5.11. The number of non-ortho nitro benzene ring substituents is 1. The third-order valence-corrected chi connectivity index (χ3v) is 3.33. The lowest BCUT2D eigenvalue weighted by molar-refractivity contribution is -0.384. The number of hydrogen-bond donors (Lipinski definition) is 1. The van der Waals surface area contributed by atoms with E-state index in [9.17, 15) is 20.0 Å². The summed E-state index contributed by atoms with van der Waals surface area (Å²) in [5.41, 5.74) is 0.776. The molecule has 0 aliphatic heterocycles. The van der Waals surface area contributed by atoms with Crippen molar-refractivity contribution >= 4 is 11.6 Å². The Morgan fingerprint density at radius 1 is 1.26 bits per heavy atom. The second-order valence-electron chi connectivity index (χ2n) is 4.97. The summed E-state index contributed by atoms with van der Waals surface area (Å²) in [6, 6.07) is 10.3. The first kappa shape index (κ1) is 16.3. The zero-order valence-electron chi connectivity index (χ0n) is 12.7. The first-order valence-corrected chi connectivity index (χ1v) is 6.78. The molecule has 0 spiro atoms.